The van der Waals surface area contributed by atoms with Crippen LogP contribution in [0.4, 0.5) is 22.8 Å². The van der Waals surface area contributed by atoms with Crippen LogP contribution in [-0.4, -0.2) is 106 Å². The molecular weight excluding hydrogens is 902 g/mol. The number of ether oxygens (including phenoxy) is 3. The summed E-state index contributed by atoms with van der Waals surface area (Å²) in [5.74, 6) is -1.09. The molecule has 68 heavy (non-hydrogen) atoms. The number of hydrogen-bond donors (Lipinski definition) is 2. The third kappa shape index (κ3) is 8.64. The molecule has 358 valence electrons. The number of carbonyl (C=O) groups is 4. The molecule has 7 heterocycles. The van der Waals surface area contributed by atoms with Crippen LogP contribution in [0.3, 0.4) is 0 Å². The lowest BCUT2D eigenvalue weighted by Crippen LogP contribution is -2.53. The van der Waals surface area contributed by atoms with Gasteiger partial charge in [0, 0.05) is 61.3 Å². The summed E-state index contributed by atoms with van der Waals surface area (Å²) in [6.07, 6.45) is 3.58. The average Bonchev–Trinajstić information content (AvgIpc) is 4.18. The summed E-state index contributed by atoms with van der Waals surface area (Å²) < 4.78 is 62.7. The standard InChI is InChI=1S/C49H53F3N8O7S/c1-24(2)41(56-48(63)65-5)45(61)58-13-7-9-35(58)32-17-29(21-53-32)26-11-12-34-28(15-26)19-37-40-31(50)16-27(20-38(40)67-47(60(34)37)39-23-55-44(68-39)43(51)52)30-18-33(54-22-30)36-10-8-14-59(36)46(62)42(25(3)4)57-49(64)66-6/h11-12,15-16,19-25,35-36,41-43,47H,7-10,13-14,17-18H2,1-6H3,(H,56,63)(H,57,64)/t35-,36-,41-,42-,47?/m0/s1. The summed E-state index contributed by atoms with van der Waals surface area (Å²) in [5.41, 5.74) is 6.04. The van der Waals surface area contributed by atoms with E-state index in [2.05, 4.69) is 15.6 Å². The van der Waals surface area contributed by atoms with Crippen LogP contribution in [0.5, 0.6) is 5.75 Å². The second-order valence-corrected chi connectivity index (χ2v) is 19.5. The summed E-state index contributed by atoms with van der Waals surface area (Å²) in [7, 11) is 2.51. The number of aliphatic imine (C=N–C) groups is 2. The van der Waals surface area contributed by atoms with Crippen LogP contribution >= 0.6 is 11.3 Å². The van der Waals surface area contributed by atoms with Crippen molar-refractivity contribution < 1.29 is 46.6 Å². The van der Waals surface area contributed by atoms with Gasteiger partial charge in [0.1, 0.15) is 23.7 Å². The highest BCUT2D eigenvalue weighted by Crippen LogP contribution is 2.48. The summed E-state index contributed by atoms with van der Waals surface area (Å²) in [5, 5.41) is 5.76. The fourth-order valence-electron chi connectivity index (χ4n) is 10.0. The van der Waals surface area contributed by atoms with Gasteiger partial charge in [-0.15, -0.1) is 11.3 Å². The zero-order valence-corrected chi connectivity index (χ0v) is 39.4. The number of thiazole rings is 1. The molecule has 1 unspecified atom stereocenters. The van der Waals surface area contributed by atoms with Crippen molar-refractivity contribution in [3.63, 3.8) is 0 Å². The third-order valence-corrected chi connectivity index (χ3v) is 14.5. The van der Waals surface area contributed by atoms with Gasteiger partial charge in [0.25, 0.3) is 6.43 Å². The number of carbonyl (C=O) groups excluding carboxylic acids is 4. The van der Waals surface area contributed by atoms with Crippen LogP contribution in [-0.2, 0) is 19.1 Å². The zero-order chi connectivity index (χ0) is 48.1. The summed E-state index contributed by atoms with van der Waals surface area (Å²) in [6, 6.07) is 8.83. The maximum Gasteiger partial charge on any atom is 0.407 e. The highest BCUT2D eigenvalue weighted by atomic mass is 32.1. The first kappa shape index (κ1) is 46.6. The Hall–Kier alpha value is -6.50. The van der Waals surface area contributed by atoms with Gasteiger partial charge in [-0.3, -0.25) is 24.1 Å². The Morgan fingerprint density at radius 2 is 1.37 bits per heavy atom. The van der Waals surface area contributed by atoms with Crippen molar-refractivity contribution >= 4 is 68.8 Å². The molecule has 9 rings (SSSR count). The van der Waals surface area contributed by atoms with E-state index in [0.717, 1.165) is 64.1 Å². The number of alkyl carbamates (subject to hydrolysis) is 2. The van der Waals surface area contributed by atoms with Crippen LogP contribution in [0, 0.1) is 17.7 Å². The lowest BCUT2D eigenvalue weighted by atomic mass is 9.95. The Morgan fingerprint density at radius 3 is 1.90 bits per heavy atom. The molecule has 15 nitrogen and oxygen atoms in total. The predicted molar refractivity (Wildman–Crippen MR) is 251 cm³/mol. The van der Waals surface area contributed by atoms with E-state index in [1.54, 1.807) is 22.1 Å². The van der Waals surface area contributed by atoms with Gasteiger partial charge < -0.3 is 34.6 Å². The first-order valence-electron chi connectivity index (χ1n) is 22.9. The molecule has 0 aliphatic carbocycles. The first-order valence-corrected chi connectivity index (χ1v) is 23.7. The number of rotatable bonds is 12. The van der Waals surface area contributed by atoms with E-state index in [1.807, 2.05) is 62.7 Å². The minimum atomic E-state index is -2.79. The molecule has 0 spiro atoms. The number of methoxy groups -OCH3 is 2. The quantitative estimate of drug-likeness (QED) is 0.142. The Bertz CT molecular complexity index is 2810. The van der Waals surface area contributed by atoms with E-state index in [0.29, 0.717) is 54.0 Å². The minimum Gasteiger partial charge on any atom is -0.464 e. The number of nitrogens with zero attached hydrogens (tertiary/aromatic N) is 6. The molecular formula is C49H53F3N8O7S. The van der Waals surface area contributed by atoms with Gasteiger partial charge >= 0.3 is 12.2 Å². The number of fused-ring (bicyclic) bond motifs is 5. The number of nitrogens with one attached hydrogen (secondary N) is 2. The molecule has 5 atom stereocenters. The fraction of sp³-hybridized carbons (Fsp3) is 0.449. The normalized spacial score (nSPS) is 20.7. The maximum absolute atomic E-state index is 16.8. The topological polar surface area (TPSA) is 169 Å². The van der Waals surface area contributed by atoms with E-state index in [4.69, 9.17) is 24.2 Å². The first-order chi connectivity index (χ1) is 32.6. The second-order valence-electron chi connectivity index (χ2n) is 18.4. The lowest BCUT2D eigenvalue weighted by Gasteiger charge is -2.31. The Morgan fingerprint density at radius 1 is 0.794 bits per heavy atom. The molecule has 2 aromatic heterocycles. The van der Waals surface area contributed by atoms with Gasteiger partial charge in [-0.05, 0) is 90.1 Å². The largest absolute Gasteiger partial charge is 0.464 e. The van der Waals surface area contributed by atoms with Crippen molar-refractivity contribution in [3.05, 3.63) is 81.8 Å². The Balaban J connectivity index is 0.981. The monoisotopic (exact) mass is 954 g/mol. The molecule has 2 N–H and O–H groups in total. The molecule has 0 bridgehead atoms. The molecule has 5 aliphatic rings. The van der Waals surface area contributed by atoms with Crippen LogP contribution in [0.2, 0.25) is 0 Å². The van der Waals surface area contributed by atoms with Crippen LogP contribution in [0.1, 0.15) is 99.9 Å². The number of hydrogen-bond acceptors (Lipinski definition) is 11. The molecule has 0 radical (unpaired) electrons. The van der Waals surface area contributed by atoms with Crippen molar-refractivity contribution in [2.45, 2.75) is 103 Å². The molecule has 2 fully saturated rings. The van der Waals surface area contributed by atoms with Crippen LogP contribution in [0.15, 0.2) is 65.0 Å². The number of allylic oxidation sites excluding steroid dienone is 2. The highest BCUT2D eigenvalue weighted by Gasteiger charge is 2.41. The van der Waals surface area contributed by atoms with Crippen molar-refractivity contribution in [2.75, 3.05) is 27.3 Å². The molecule has 5 aliphatic heterocycles. The van der Waals surface area contributed by atoms with E-state index < -0.39 is 42.7 Å². The van der Waals surface area contributed by atoms with Gasteiger partial charge in [0.2, 0.25) is 18.0 Å². The smallest absolute Gasteiger partial charge is 0.407 e. The van der Waals surface area contributed by atoms with E-state index in [-0.39, 0.29) is 52.1 Å². The molecule has 2 saturated heterocycles. The molecule has 0 saturated carbocycles. The zero-order valence-electron chi connectivity index (χ0n) is 38.6. The van der Waals surface area contributed by atoms with E-state index >= 15 is 4.39 Å². The van der Waals surface area contributed by atoms with Gasteiger partial charge in [0.15, 0.2) is 5.01 Å². The van der Waals surface area contributed by atoms with Crippen molar-refractivity contribution in [2.24, 2.45) is 21.8 Å². The Kier molecular flexibility index (Phi) is 12.9. The van der Waals surface area contributed by atoms with Crippen LogP contribution < -0.4 is 15.4 Å². The summed E-state index contributed by atoms with van der Waals surface area (Å²) >= 11 is 0.829. The summed E-state index contributed by atoms with van der Waals surface area (Å²) in [6.45, 7) is 8.49. The number of alkyl halides is 2. The lowest BCUT2D eigenvalue weighted by molar-refractivity contribution is -0.134. The maximum atomic E-state index is 16.8. The fourth-order valence-corrected chi connectivity index (χ4v) is 10.8. The second kappa shape index (κ2) is 18.9. The average molecular weight is 955 g/mol. The van der Waals surface area contributed by atoms with Gasteiger partial charge in [-0.2, -0.15) is 0 Å². The molecule has 19 heteroatoms. The number of halogens is 3. The van der Waals surface area contributed by atoms with Gasteiger partial charge in [0.05, 0.1) is 48.0 Å². The molecule has 4 amide bonds. The van der Waals surface area contributed by atoms with E-state index in [1.165, 1.54) is 26.5 Å². The molecule has 2 aromatic carbocycles. The van der Waals surface area contributed by atoms with Crippen LogP contribution in [0.25, 0.3) is 33.3 Å². The number of aromatic nitrogens is 2. The van der Waals surface area contributed by atoms with Gasteiger partial charge in [-0.25, -0.2) is 27.7 Å². The van der Waals surface area contributed by atoms with Crippen molar-refractivity contribution in [3.8, 4) is 17.0 Å². The summed E-state index contributed by atoms with van der Waals surface area (Å²) in [4.78, 5) is 69.3. The number of benzene rings is 2. The highest BCUT2D eigenvalue weighted by molar-refractivity contribution is 7.11. The molecule has 4 aromatic rings. The van der Waals surface area contributed by atoms with E-state index in [9.17, 15) is 28.0 Å². The predicted octanol–water partition coefficient (Wildman–Crippen LogP) is 8.90. The SMILES string of the molecule is COC(=O)N[C@H](C(=O)N1CCC[C@H]1C1=NC=C(c2cc(F)c3c(c2)OC(c2cnc(C(F)F)s2)n2c-3cc3cc(C4=CN=C([C@@H]5CCCN5C(=O)[C@@H](NC(=O)OC)C(C)C)C4)ccc32)C1)C(C)C. The Labute approximate surface area is 395 Å². The minimum absolute atomic E-state index is 0.166. The van der Waals surface area contributed by atoms with Crippen molar-refractivity contribution in [1.29, 1.82) is 0 Å². The number of amides is 4. The van der Waals surface area contributed by atoms with Gasteiger partial charge in [-0.1, -0.05) is 33.8 Å². The van der Waals surface area contributed by atoms with Crippen molar-refractivity contribution in [1.82, 2.24) is 30.0 Å². The third-order valence-electron chi connectivity index (χ3n) is 13.5. The number of likely N-dealkylation sites (tertiary alicyclic amines) is 2.